The number of amides is 1. The van der Waals surface area contributed by atoms with E-state index < -0.39 is 0 Å². The number of rotatable bonds is 6. The Morgan fingerprint density at radius 1 is 1.15 bits per heavy atom. The van der Waals surface area contributed by atoms with Crippen LogP contribution in [0.1, 0.15) is 27.4 Å². The van der Waals surface area contributed by atoms with Crippen molar-refractivity contribution in [1.82, 2.24) is 19.9 Å². The third-order valence-corrected chi connectivity index (χ3v) is 4.05. The minimum absolute atomic E-state index is 0.186. The Bertz CT molecular complexity index is 918. The van der Waals surface area contributed by atoms with Crippen molar-refractivity contribution in [1.29, 1.82) is 0 Å². The van der Waals surface area contributed by atoms with Crippen molar-refractivity contribution in [3.8, 4) is 11.6 Å². The maximum Gasteiger partial charge on any atom is 0.255 e. The van der Waals surface area contributed by atoms with Gasteiger partial charge in [0.1, 0.15) is 18.2 Å². The van der Waals surface area contributed by atoms with Crippen LogP contribution in [0.4, 0.5) is 0 Å². The van der Waals surface area contributed by atoms with E-state index in [0.717, 1.165) is 22.8 Å². The number of hydrogen-bond acceptors (Lipinski definition) is 4. The van der Waals surface area contributed by atoms with E-state index in [1.54, 1.807) is 18.5 Å². The van der Waals surface area contributed by atoms with Crippen LogP contribution in [0.25, 0.3) is 5.82 Å². The third kappa shape index (κ3) is 3.91. The van der Waals surface area contributed by atoms with Crippen molar-refractivity contribution < 1.29 is 9.53 Å². The van der Waals surface area contributed by atoms with Crippen molar-refractivity contribution in [2.24, 2.45) is 0 Å². The first-order valence-electron chi connectivity index (χ1n) is 8.51. The normalized spacial score (nSPS) is 10.6. The monoisotopic (exact) mass is 350 g/mol. The predicted molar refractivity (Wildman–Crippen MR) is 99.8 cm³/mol. The molecule has 0 saturated carbocycles. The Balaban J connectivity index is 1.67. The number of nitrogens with one attached hydrogen (secondary N) is 1. The summed E-state index contributed by atoms with van der Waals surface area (Å²) in [6.07, 6.45) is 3.49. The van der Waals surface area contributed by atoms with E-state index in [4.69, 9.17) is 4.74 Å². The van der Waals surface area contributed by atoms with Crippen LogP contribution in [0.3, 0.4) is 0 Å². The SMILES string of the molecule is Cc1ccc(C(=O)NCCOc2ccccc2C)c(-n2ccnc2C)n1. The van der Waals surface area contributed by atoms with Crippen LogP contribution in [0.2, 0.25) is 0 Å². The Kier molecular flexibility index (Phi) is 5.31. The number of carbonyl (C=O) groups excluding carboxylic acids is 1. The molecule has 0 saturated heterocycles. The molecule has 26 heavy (non-hydrogen) atoms. The number of hydrogen-bond donors (Lipinski definition) is 1. The molecule has 2 heterocycles. The van der Waals surface area contributed by atoms with E-state index in [2.05, 4.69) is 15.3 Å². The van der Waals surface area contributed by atoms with Crippen LogP contribution < -0.4 is 10.1 Å². The van der Waals surface area contributed by atoms with Crippen molar-refractivity contribution >= 4 is 5.91 Å². The zero-order valence-corrected chi connectivity index (χ0v) is 15.2. The number of imidazole rings is 1. The Hall–Kier alpha value is -3.15. The number of benzene rings is 1. The maximum absolute atomic E-state index is 12.6. The van der Waals surface area contributed by atoms with E-state index in [9.17, 15) is 4.79 Å². The molecule has 6 nitrogen and oxygen atoms in total. The second kappa shape index (κ2) is 7.82. The maximum atomic E-state index is 12.6. The molecule has 2 aromatic heterocycles. The molecule has 0 aliphatic carbocycles. The quantitative estimate of drug-likeness (QED) is 0.694. The molecule has 0 bridgehead atoms. The van der Waals surface area contributed by atoms with Crippen molar-refractivity contribution in [3.63, 3.8) is 0 Å². The largest absolute Gasteiger partial charge is 0.491 e. The highest BCUT2D eigenvalue weighted by molar-refractivity contribution is 5.97. The summed E-state index contributed by atoms with van der Waals surface area (Å²) in [7, 11) is 0. The average molecular weight is 350 g/mol. The van der Waals surface area contributed by atoms with Crippen molar-refractivity contribution in [3.05, 3.63) is 71.4 Å². The number of pyridine rings is 1. The Morgan fingerprint density at radius 2 is 1.96 bits per heavy atom. The summed E-state index contributed by atoms with van der Waals surface area (Å²) in [4.78, 5) is 21.3. The summed E-state index contributed by atoms with van der Waals surface area (Å²) in [6, 6.07) is 11.4. The Morgan fingerprint density at radius 3 is 2.69 bits per heavy atom. The molecular weight excluding hydrogens is 328 g/mol. The second-order valence-corrected chi connectivity index (χ2v) is 6.04. The molecule has 1 N–H and O–H groups in total. The molecule has 0 spiro atoms. The van der Waals surface area contributed by atoms with E-state index in [1.165, 1.54) is 0 Å². The molecule has 6 heteroatoms. The minimum atomic E-state index is -0.186. The number of aryl methyl sites for hydroxylation is 3. The van der Waals surface area contributed by atoms with E-state index in [1.807, 2.05) is 55.7 Å². The van der Waals surface area contributed by atoms with Gasteiger partial charge in [-0.1, -0.05) is 18.2 Å². The first-order valence-corrected chi connectivity index (χ1v) is 8.51. The fraction of sp³-hybridized carbons (Fsp3) is 0.250. The lowest BCUT2D eigenvalue weighted by Gasteiger charge is -2.13. The van der Waals surface area contributed by atoms with Gasteiger partial charge in [0.05, 0.1) is 12.1 Å². The van der Waals surface area contributed by atoms with Crippen LogP contribution in [-0.2, 0) is 0 Å². The highest BCUT2D eigenvalue weighted by Crippen LogP contribution is 2.16. The van der Waals surface area contributed by atoms with Gasteiger partial charge in [-0.25, -0.2) is 9.97 Å². The zero-order chi connectivity index (χ0) is 18.5. The molecule has 0 unspecified atom stereocenters. The van der Waals surface area contributed by atoms with Gasteiger partial charge < -0.3 is 10.1 Å². The number of nitrogens with zero attached hydrogens (tertiary/aromatic N) is 3. The minimum Gasteiger partial charge on any atom is -0.491 e. The molecular formula is C20H22N4O2. The molecule has 0 aliphatic rings. The van der Waals surface area contributed by atoms with Gasteiger partial charge in [-0.3, -0.25) is 9.36 Å². The van der Waals surface area contributed by atoms with Gasteiger partial charge in [0.2, 0.25) is 0 Å². The second-order valence-electron chi connectivity index (χ2n) is 6.04. The smallest absolute Gasteiger partial charge is 0.255 e. The molecule has 0 fully saturated rings. The van der Waals surface area contributed by atoms with Crippen LogP contribution >= 0.6 is 0 Å². The third-order valence-electron chi connectivity index (χ3n) is 4.05. The highest BCUT2D eigenvalue weighted by atomic mass is 16.5. The van der Waals surface area contributed by atoms with E-state index in [0.29, 0.717) is 24.5 Å². The lowest BCUT2D eigenvalue weighted by molar-refractivity contribution is 0.0946. The Labute approximate surface area is 152 Å². The van der Waals surface area contributed by atoms with E-state index >= 15 is 0 Å². The number of para-hydroxylation sites is 1. The average Bonchev–Trinajstić information content (AvgIpc) is 3.05. The molecule has 1 aromatic carbocycles. The molecule has 1 amide bonds. The number of ether oxygens (including phenoxy) is 1. The van der Waals surface area contributed by atoms with Gasteiger partial charge in [-0.2, -0.15) is 0 Å². The summed E-state index contributed by atoms with van der Waals surface area (Å²) in [6.45, 7) is 6.57. The van der Waals surface area contributed by atoms with Gasteiger partial charge >= 0.3 is 0 Å². The van der Waals surface area contributed by atoms with Crippen LogP contribution in [0, 0.1) is 20.8 Å². The number of carbonyl (C=O) groups is 1. The van der Waals surface area contributed by atoms with Crippen molar-refractivity contribution in [2.75, 3.05) is 13.2 Å². The van der Waals surface area contributed by atoms with Gasteiger partial charge in [0.15, 0.2) is 5.82 Å². The van der Waals surface area contributed by atoms with Gasteiger partial charge in [-0.05, 0) is 44.5 Å². The lowest BCUT2D eigenvalue weighted by atomic mass is 10.2. The summed E-state index contributed by atoms with van der Waals surface area (Å²) in [5.41, 5.74) is 2.42. The topological polar surface area (TPSA) is 69.0 Å². The summed E-state index contributed by atoms with van der Waals surface area (Å²) >= 11 is 0. The zero-order valence-electron chi connectivity index (χ0n) is 15.2. The van der Waals surface area contributed by atoms with Crippen LogP contribution in [-0.4, -0.2) is 33.6 Å². The predicted octanol–water partition coefficient (Wildman–Crippen LogP) is 3.00. The first kappa shape index (κ1) is 17.7. The van der Waals surface area contributed by atoms with Crippen LogP contribution in [0.15, 0.2) is 48.8 Å². The summed E-state index contributed by atoms with van der Waals surface area (Å²) in [5, 5.41) is 2.89. The molecule has 3 rings (SSSR count). The number of aromatic nitrogens is 3. The van der Waals surface area contributed by atoms with Gasteiger partial charge in [-0.15, -0.1) is 0 Å². The lowest BCUT2D eigenvalue weighted by Crippen LogP contribution is -2.29. The summed E-state index contributed by atoms with van der Waals surface area (Å²) in [5.74, 6) is 2.00. The molecule has 3 aromatic rings. The fourth-order valence-corrected chi connectivity index (χ4v) is 2.64. The fourth-order valence-electron chi connectivity index (χ4n) is 2.64. The molecule has 0 atom stereocenters. The molecule has 134 valence electrons. The standard InChI is InChI=1S/C20H22N4O2/c1-14-6-4-5-7-18(14)26-13-11-22-20(25)17-9-8-15(2)23-19(17)24-12-10-21-16(24)3/h4-10,12H,11,13H2,1-3H3,(H,22,25). The highest BCUT2D eigenvalue weighted by Gasteiger charge is 2.15. The first-order chi connectivity index (χ1) is 12.6. The van der Waals surface area contributed by atoms with Crippen LogP contribution in [0.5, 0.6) is 5.75 Å². The molecule has 0 aliphatic heterocycles. The van der Waals surface area contributed by atoms with Crippen molar-refractivity contribution in [2.45, 2.75) is 20.8 Å². The van der Waals surface area contributed by atoms with E-state index in [-0.39, 0.29) is 5.91 Å². The molecule has 0 radical (unpaired) electrons. The van der Waals surface area contributed by atoms with Gasteiger partial charge in [0, 0.05) is 18.1 Å². The van der Waals surface area contributed by atoms with Gasteiger partial charge in [0.25, 0.3) is 5.91 Å². The summed E-state index contributed by atoms with van der Waals surface area (Å²) < 4.78 is 7.53.